The van der Waals surface area contributed by atoms with Crippen LogP contribution in [0, 0.1) is 11.3 Å². The van der Waals surface area contributed by atoms with Crippen molar-refractivity contribution in [1.29, 1.82) is 0 Å². The summed E-state index contributed by atoms with van der Waals surface area (Å²) in [5, 5.41) is 16.2. The number of aliphatic hydroxyl groups excluding tert-OH is 1. The highest BCUT2D eigenvalue weighted by atomic mass is 16.3. The van der Waals surface area contributed by atoms with E-state index in [4.69, 9.17) is 0 Å². The van der Waals surface area contributed by atoms with Gasteiger partial charge in [0.05, 0.1) is 11.5 Å². The predicted molar refractivity (Wildman–Crippen MR) is 80.4 cm³/mol. The summed E-state index contributed by atoms with van der Waals surface area (Å²) >= 11 is 0. The third kappa shape index (κ3) is 3.95. The smallest absolute Gasteiger partial charge is 0.226 e. The second-order valence-corrected chi connectivity index (χ2v) is 6.68. The largest absolute Gasteiger partial charge is 0.393 e. The van der Waals surface area contributed by atoms with Gasteiger partial charge in [-0.2, -0.15) is 0 Å². The fourth-order valence-electron chi connectivity index (χ4n) is 3.85. The molecule has 1 aliphatic heterocycles. The maximum absolute atomic E-state index is 12.6. The van der Waals surface area contributed by atoms with Crippen LogP contribution in [0.2, 0.25) is 0 Å². The first-order valence-electron chi connectivity index (χ1n) is 8.33. The number of carbonyl (C=O) groups excluding carboxylic acids is 1. The van der Waals surface area contributed by atoms with Crippen molar-refractivity contribution in [2.24, 2.45) is 11.3 Å². The molecule has 2 fully saturated rings. The molecule has 4 nitrogen and oxygen atoms in total. The lowest BCUT2D eigenvalue weighted by atomic mass is 9.74. The SMILES string of the molecule is CCCC1(C(=O)NCC2CCCC(O)C2)CCNCC1. The van der Waals surface area contributed by atoms with Gasteiger partial charge in [-0.15, -0.1) is 0 Å². The molecule has 2 rings (SSSR count). The zero-order valence-corrected chi connectivity index (χ0v) is 12.8. The van der Waals surface area contributed by atoms with Gasteiger partial charge in [0, 0.05) is 6.54 Å². The third-order valence-corrected chi connectivity index (χ3v) is 5.08. The maximum Gasteiger partial charge on any atom is 0.226 e. The van der Waals surface area contributed by atoms with Crippen molar-refractivity contribution in [2.75, 3.05) is 19.6 Å². The molecule has 0 aromatic heterocycles. The number of hydrogen-bond donors (Lipinski definition) is 3. The van der Waals surface area contributed by atoms with Gasteiger partial charge in [0.1, 0.15) is 0 Å². The highest BCUT2D eigenvalue weighted by Gasteiger charge is 2.38. The minimum Gasteiger partial charge on any atom is -0.393 e. The topological polar surface area (TPSA) is 61.4 Å². The Morgan fingerprint density at radius 1 is 1.35 bits per heavy atom. The average molecular weight is 282 g/mol. The van der Waals surface area contributed by atoms with Crippen LogP contribution in [-0.4, -0.2) is 36.8 Å². The van der Waals surface area contributed by atoms with E-state index < -0.39 is 0 Å². The molecule has 3 N–H and O–H groups in total. The van der Waals surface area contributed by atoms with E-state index in [2.05, 4.69) is 17.6 Å². The molecule has 1 saturated carbocycles. The van der Waals surface area contributed by atoms with E-state index in [1.54, 1.807) is 0 Å². The molecule has 1 amide bonds. The van der Waals surface area contributed by atoms with E-state index in [0.717, 1.165) is 71.0 Å². The Labute approximate surface area is 122 Å². The minimum absolute atomic E-state index is 0.146. The zero-order chi connectivity index (χ0) is 14.4. The van der Waals surface area contributed by atoms with Crippen molar-refractivity contribution in [1.82, 2.24) is 10.6 Å². The number of amides is 1. The van der Waals surface area contributed by atoms with Gasteiger partial charge in [-0.1, -0.05) is 19.8 Å². The molecule has 2 atom stereocenters. The zero-order valence-electron chi connectivity index (χ0n) is 12.8. The Morgan fingerprint density at radius 2 is 2.10 bits per heavy atom. The van der Waals surface area contributed by atoms with Gasteiger partial charge in [0.15, 0.2) is 0 Å². The first-order chi connectivity index (χ1) is 9.66. The summed E-state index contributed by atoms with van der Waals surface area (Å²) in [4.78, 5) is 12.6. The van der Waals surface area contributed by atoms with Crippen molar-refractivity contribution in [3.63, 3.8) is 0 Å². The lowest BCUT2D eigenvalue weighted by molar-refractivity contribution is -0.133. The van der Waals surface area contributed by atoms with Gasteiger partial charge in [0.25, 0.3) is 0 Å². The quantitative estimate of drug-likeness (QED) is 0.721. The Hall–Kier alpha value is -0.610. The number of aliphatic hydroxyl groups is 1. The molecule has 0 aromatic carbocycles. The molecule has 4 heteroatoms. The van der Waals surface area contributed by atoms with Crippen LogP contribution >= 0.6 is 0 Å². The molecule has 1 saturated heterocycles. The van der Waals surface area contributed by atoms with Crippen LogP contribution in [0.1, 0.15) is 58.3 Å². The molecule has 116 valence electrons. The van der Waals surface area contributed by atoms with Crippen LogP contribution in [0.4, 0.5) is 0 Å². The van der Waals surface area contributed by atoms with Crippen molar-refractivity contribution in [2.45, 2.75) is 64.4 Å². The van der Waals surface area contributed by atoms with Crippen LogP contribution in [0.3, 0.4) is 0 Å². The number of nitrogens with one attached hydrogen (secondary N) is 2. The minimum atomic E-state index is -0.158. The van der Waals surface area contributed by atoms with Gasteiger partial charge < -0.3 is 15.7 Å². The Balaban J connectivity index is 1.85. The lowest BCUT2D eigenvalue weighted by Crippen LogP contribution is -2.48. The van der Waals surface area contributed by atoms with E-state index in [-0.39, 0.29) is 17.4 Å². The summed E-state index contributed by atoms with van der Waals surface area (Å²) in [6, 6.07) is 0. The van der Waals surface area contributed by atoms with E-state index in [9.17, 15) is 9.90 Å². The van der Waals surface area contributed by atoms with Crippen LogP contribution in [0.5, 0.6) is 0 Å². The van der Waals surface area contributed by atoms with Crippen LogP contribution in [0.15, 0.2) is 0 Å². The fourth-order valence-corrected chi connectivity index (χ4v) is 3.85. The van der Waals surface area contributed by atoms with E-state index in [0.29, 0.717) is 5.92 Å². The Morgan fingerprint density at radius 3 is 2.75 bits per heavy atom. The second kappa shape index (κ2) is 7.41. The van der Waals surface area contributed by atoms with Crippen LogP contribution in [0.25, 0.3) is 0 Å². The van der Waals surface area contributed by atoms with Gasteiger partial charge in [-0.25, -0.2) is 0 Å². The molecule has 0 aromatic rings. The van der Waals surface area contributed by atoms with Crippen molar-refractivity contribution < 1.29 is 9.90 Å². The first-order valence-corrected chi connectivity index (χ1v) is 8.33. The molecule has 2 unspecified atom stereocenters. The number of rotatable bonds is 5. The Kier molecular flexibility index (Phi) is 5.85. The molecule has 0 bridgehead atoms. The van der Waals surface area contributed by atoms with E-state index in [1.165, 1.54) is 0 Å². The second-order valence-electron chi connectivity index (χ2n) is 6.68. The predicted octanol–water partition coefficient (Wildman–Crippen LogP) is 1.82. The summed E-state index contributed by atoms with van der Waals surface area (Å²) < 4.78 is 0. The molecule has 1 aliphatic carbocycles. The first kappa shape index (κ1) is 15.8. The van der Waals surface area contributed by atoms with Crippen molar-refractivity contribution in [3.8, 4) is 0 Å². The van der Waals surface area contributed by atoms with Gasteiger partial charge in [0.2, 0.25) is 5.91 Å². The summed E-state index contributed by atoms with van der Waals surface area (Å²) in [6.45, 7) is 4.81. The molecule has 2 aliphatic rings. The number of hydrogen-bond acceptors (Lipinski definition) is 3. The van der Waals surface area contributed by atoms with Gasteiger partial charge in [-0.3, -0.25) is 4.79 Å². The van der Waals surface area contributed by atoms with E-state index in [1.807, 2.05) is 0 Å². The van der Waals surface area contributed by atoms with E-state index >= 15 is 0 Å². The monoisotopic (exact) mass is 282 g/mol. The molecular weight excluding hydrogens is 252 g/mol. The molecule has 0 spiro atoms. The number of carbonyl (C=O) groups is 1. The molecule has 1 heterocycles. The Bertz CT molecular complexity index is 308. The standard InChI is InChI=1S/C16H30N2O2/c1-2-6-16(7-9-17-10-8-16)15(20)18-12-13-4-3-5-14(19)11-13/h13-14,17,19H,2-12H2,1H3,(H,18,20). The van der Waals surface area contributed by atoms with Crippen LogP contribution in [-0.2, 0) is 4.79 Å². The average Bonchev–Trinajstić information content (AvgIpc) is 2.46. The molecule has 20 heavy (non-hydrogen) atoms. The van der Waals surface area contributed by atoms with Gasteiger partial charge in [-0.05, 0) is 57.5 Å². The van der Waals surface area contributed by atoms with Crippen molar-refractivity contribution in [3.05, 3.63) is 0 Å². The van der Waals surface area contributed by atoms with Crippen molar-refractivity contribution >= 4 is 5.91 Å². The highest BCUT2D eigenvalue weighted by Crippen LogP contribution is 2.34. The summed E-state index contributed by atoms with van der Waals surface area (Å²) in [6.07, 6.45) is 7.82. The summed E-state index contributed by atoms with van der Waals surface area (Å²) in [5.41, 5.74) is -0.146. The maximum atomic E-state index is 12.6. The fraction of sp³-hybridized carbons (Fsp3) is 0.938. The third-order valence-electron chi connectivity index (χ3n) is 5.08. The van der Waals surface area contributed by atoms with Gasteiger partial charge >= 0.3 is 0 Å². The van der Waals surface area contributed by atoms with Crippen LogP contribution < -0.4 is 10.6 Å². The highest BCUT2D eigenvalue weighted by molar-refractivity contribution is 5.82. The lowest BCUT2D eigenvalue weighted by Gasteiger charge is -2.37. The molecular formula is C16H30N2O2. The summed E-state index contributed by atoms with van der Waals surface area (Å²) in [5.74, 6) is 0.712. The molecule has 0 radical (unpaired) electrons. The normalized spacial score (nSPS) is 29.9. The number of piperidine rings is 1. The summed E-state index contributed by atoms with van der Waals surface area (Å²) in [7, 11) is 0.